The normalized spacial score (nSPS) is 26.7. The van der Waals surface area contributed by atoms with Gasteiger partial charge in [0.25, 0.3) is 0 Å². The van der Waals surface area contributed by atoms with Crippen molar-refractivity contribution < 1.29 is 19.4 Å². The van der Waals surface area contributed by atoms with E-state index in [1.807, 2.05) is 17.0 Å². The first-order valence-electron chi connectivity index (χ1n) is 10.8. The van der Waals surface area contributed by atoms with Crippen LogP contribution in [0.25, 0.3) is 11.1 Å². The van der Waals surface area contributed by atoms with Gasteiger partial charge in [-0.25, -0.2) is 4.79 Å². The Kier molecular flexibility index (Phi) is 4.83. The molecule has 0 spiro atoms. The van der Waals surface area contributed by atoms with Gasteiger partial charge in [0, 0.05) is 38.1 Å². The SMILES string of the molecule is COCCC12CN(C(=O)OCC3c4ccccc4-c4ccccc43)CC(CO)(C1)C2. The lowest BCUT2D eigenvalue weighted by atomic mass is 9.49. The summed E-state index contributed by atoms with van der Waals surface area (Å²) in [7, 11) is 1.71. The largest absolute Gasteiger partial charge is 0.448 e. The van der Waals surface area contributed by atoms with Crippen LogP contribution in [-0.2, 0) is 9.47 Å². The molecule has 2 aromatic carbocycles. The summed E-state index contributed by atoms with van der Waals surface area (Å²) in [6.07, 6.45) is 2.58. The van der Waals surface area contributed by atoms with E-state index < -0.39 is 0 Å². The average molecular weight is 408 g/mol. The van der Waals surface area contributed by atoms with E-state index in [1.165, 1.54) is 22.3 Å². The highest BCUT2D eigenvalue weighted by Crippen LogP contribution is 2.60. The number of piperidine rings is 2. The Morgan fingerprint density at radius 1 is 1.03 bits per heavy atom. The molecule has 2 saturated heterocycles. The summed E-state index contributed by atoms with van der Waals surface area (Å²) in [4.78, 5) is 14.8. The predicted molar refractivity (Wildman–Crippen MR) is 114 cm³/mol. The third kappa shape index (κ3) is 3.12. The maximum atomic E-state index is 13.0. The Bertz CT molecular complexity index is 904. The zero-order valence-corrected chi connectivity index (χ0v) is 17.5. The summed E-state index contributed by atoms with van der Waals surface area (Å²) in [5, 5.41) is 9.94. The summed E-state index contributed by atoms with van der Waals surface area (Å²) in [5.41, 5.74) is 4.78. The van der Waals surface area contributed by atoms with Crippen molar-refractivity contribution in [3.8, 4) is 11.1 Å². The van der Waals surface area contributed by atoms with Crippen molar-refractivity contribution in [2.45, 2.75) is 25.2 Å². The zero-order valence-electron chi connectivity index (χ0n) is 17.5. The minimum absolute atomic E-state index is 0.0581. The van der Waals surface area contributed by atoms with E-state index in [0.29, 0.717) is 26.3 Å². The molecular weight excluding hydrogens is 378 g/mol. The molecule has 1 N–H and O–H groups in total. The van der Waals surface area contributed by atoms with Crippen LogP contribution in [0.5, 0.6) is 0 Å². The van der Waals surface area contributed by atoms with Crippen LogP contribution in [-0.4, -0.2) is 56.1 Å². The average Bonchev–Trinajstić information content (AvgIpc) is 3.09. The van der Waals surface area contributed by atoms with Gasteiger partial charge in [-0.2, -0.15) is 0 Å². The van der Waals surface area contributed by atoms with Crippen molar-refractivity contribution in [2.75, 3.05) is 40.0 Å². The second-order valence-electron chi connectivity index (χ2n) is 9.41. The molecular formula is C25H29NO4. The minimum atomic E-state index is -0.268. The van der Waals surface area contributed by atoms with Gasteiger partial charge in [0.1, 0.15) is 6.61 Å². The molecule has 2 heterocycles. The molecule has 30 heavy (non-hydrogen) atoms. The predicted octanol–water partition coefficient (Wildman–Crippen LogP) is 4.05. The number of benzene rings is 2. The Labute approximate surface area is 177 Å². The molecule has 4 aliphatic rings. The molecule has 0 radical (unpaired) electrons. The van der Waals surface area contributed by atoms with Crippen molar-refractivity contribution in [2.24, 2.45) is 10.8 Å². The van der Waals surface area contributed by atoms with Crippen LogP contribution in [0.1, 0.15) is 36.3 Å². The number of rotatable bonds is 6. The van der Waals surface area contributed by atoms with Gasteiger partial charge >= 0.3 is 6.09 Å². The molecule has 0 unspecified atom stereocenters. The lowest BCUT2D eigenvalue weighted by molar-refractivity contribution is -0.156. The molecule has 2 aliphatic carbocycles. The fourth-order valence-electron chi connectivity index (χ4n) is 6.18. The monoisotopic (exact) mass is 407 g/mol. The van der Waals surface area contributed by atoms with Crippen molar-refractivity contribution in [3.05, 3.63) is 59.7 Å². The number of ether oxygens (including phenoxy) is 2. The quantitative estimate of drug-likeness (QED) is 0.785. The number of hydrogen-bond acceptors (Lipinski definition) is 4. The maximum Gasteiger partial charge on any atom is 0.409 e. The Morgan fingerprint density at radius 2 is 1.63 bits per heavy atom. The topological polar surface area (TPSA) is 59.0 Å². The van der Waals surface area contributed by atoms with Crippen LogP contribution in [0.4, 0.5) is 4.79 Å². The number of nitrogens with zero attached hydrogens (tertiary/aromatic N) is 1. The molecule has 6 rings (SSSR count). The highest BCUT2D eigenvalue weighted by Gasteiger charge is 2.59. The van der Waals surface area contributed by atoms with Crippen molar-refractivity contribution in [1.29, 1.82) is 0 Å². The molecule has 0 atom stereocenters. The first-order chi connectivity index (χ1) is 14.6. The summed E-state index contributed by atoms with van der Waals surface area (Å²) in [6, 6.07) is 16.7. The van der Waals surface area contributed by atoms with Crippen LogP contribution in [0.15, 0.2) is 48.5 Å². The molecule has 2 bridgehead atoms. The van der Waals surface area contributed by atoms with E-state index in [9.17, 15) is 9.90 Å². The van der Waals surface area contributed by atoms with E-state index in [-0.39, 0.29) is 29.4 Å². The van der Waals surface area contributed by atoms with Gasteiger partial charge in [0.05, 0.1) is 6.61 Å². The Morgan fingerprint density at radius 3 is 2.23 bits per heavy atom. The van der Waals surface area contributed by atoms with E-state index >= 15 is 0 Å². The van der Waals surface area contributed by atoms with Crippen LogP contribution < -0.4 is 0 Å². The number of carbonyl (C=O) groups is 1. The fourth-order valence-corrected chi connectivity index (χ4v) is 6.18. The molecule has 1 saturated carbocycles. The fraction of sp³-hybridized carbons (Fsp3) is 0.480. The number of aliphatic hydroxyl groups excluding tert-OH is 1. The Hall–Kier alpha value is -2.37. The van der Waals surface area contributed by atoms with Gasteiger partial charge in [0.2, 0.25) is 0 Å². The number of hydrogen-bond donors (Lipinski definition) is 1. The number of methoxy groups -OCH3 is 1. The second kappa shape index (κ2) is 7.40. The van der Waals surface area contributed by atoms with Gasteiger partial charge in [-0.15, -0.1) is 0 Å². The zero-order chi connectivity index (χ0) is 20.8. The van der Waals surface area contributed by atoms with Crippen LogP contribution in [0.2, 0.25) is 0 Å². The summed E-state index contributed by atoms with van der Waals surface area (Å²) < 4.78 is 11.1. The van der Waals surface area contributed by atoms with Crippen molar-refractivity contribution in [1.82, 2.24) is 4.90 Å². The van der Waals surface area contributed by atoms with Crippen LogP contribution in [0, 0.1) is 10.8 Å². The van der Waals surface area contributed by atoms with Gasteiger partial charge in [0.15, 0.2) is 0 Å². The van der Waals surface area contributed by atoms with Gasteiger partial charge in [-0.1, -0.05) is 48.5 Å². The Balaban J connectivity index is 1.30. The number of carbonyl (C=O) groups excluding carboxylic acids is 1. The van der Waals surface area contributed by atoms with E-state index in [0.717, 1.165) is 19.3 Å². The number of fused-ring (bicyclic) bond motifs is 5. The van der Waals surface area contributed by atoms with Crippen molar-refractivity contribution in [3.63, 3.8) is 0 Å². The molecule has 3 fully saturated rings. The molecule has 1 amide bonds. The molecule has 158 valence electrons. The standard InChI is InChI=1S/C25H29NO4/c1-29-11-10-24-13-25(14-24,17-27)16-26(15-24)23(28)30-12-22-20-8-4-2-6-18(20)19-7-3-5-9-21(19)22/h2-9,22,27H,10-17H2,1H3. The van der Waals surface area contributed by atoms with E-state index in [1.54, 1.807) is 7.11 Å². The first-order valence-corrected chi connectivity index (χ1v) is 10.8. The second-order valence-corrected chi connectivity index (χ2v) is 9.41. The van der Waals surface area contributed by atoms with Crippen LogP contribution in [0.3, 0.4) is 0 Å². The highest BCUT2D eigenvalue weighted by molar-refractivity contribution is 5.79. The third-order valence-electron chi connectivity index (χ3n) is 7.32. The van der Waals surface area contributed by atoms with Gasteiger partial charge < -0.3 is 19.5 Å². The lowest BCUT2D eigenvalue weighted by Gasteiger charge is -2.63. The summed E-state index contributed by atoms with van der Waals surface area (Å²) in [5.74, 6) is 0.0647. The molecule has 2 aromatic rings. The van der Waals surface area contributed by atoms with Gasteiger partial charge in [-0.05, 0) is 46.9 Å². The summed E-state index contributed by atoms with van der Waals surface area (Å²) in [6.45, 7) is 2.40. The smallest absolute Gasteiger partial charge is 0.409 e. The molecule has 0 aromatic heterocycles. The van der Waals surface area contributed by atoms with Gasteiger partial charge in [-0.3, -0.25) is 0 Å². The van der Waals surface area contributed by atoms with Crippen molar-refractivity contribution >= 4 is 6.09 Å². The number of aliphatic hydroxyl groups is 1. The molecule has 5 nitrogen and oxygen atoms in total. The van der Waals surface area contributed by atoms with E-state index in [4.69, 9.17) is 9.47 Å². The molecule has 2 aliphatic heterocycles. The maximum absolute atomic E-state index is 13.0. The minimum Gasteiger partial charge on any atom is -0.448 e. The first kappa shape index (κ1) is 19.6. The molecule has 5 heteroatoms. The lowest BCUT2D eigenvalue weighted by Crippen LogP contribution is -2.65. The third-order valence-corrected chi connectivity index (χ3v) is 7.32. The van der Waals surface area contributed by atoms with Crippen LogP contribution >= 0.6 is 0 Å². The van der Waals surface area contributed by atoms with E-state index in [2.05, 4.69) is 36.4 Å². The summed E-state index contributed by atoms with van der Waals surface area (Å²) >= 11 is 0. The highest BCUT2D eigenvalue weighted by atomic mass is 16.6. The number of amides is 1.